The highest BCUT2D eigenvalue weighted by Crippen LogP contribution is 2.31. The zero-order valence-corrected chi connectivity index (χ0v) is 23.0. The number of carboxylic acids is 1. The van der Waals surface area contributed by atoms with Gasteiger partial charge in [-0.1, -0.05) is 33.8 Å². The fraction of sp³-hybridized carbons (Fsp3) is 0.615. The lowest BCUT2D eigenvalue weighted by Gasteiger charge is -2.32. The summed E-state index contributed by atoms with van der Waals surface area (Å²) in [5, 5.41) is 12.9. The average molecular weight is 542 g/mol. The second-order valence-electron chi connectivity index (χ2n) is 9.21. The number of nitrogens with one attached hydrogen (secondary N) is 1. The highest BCUT2D eigenvalue weighted by molar-refractivity contribution is 5.80. The van der Waals surface area contributed by atoms with E-state index in [0.717, 1.165) is 0 Å². The van der Waals surface area contributed by atoms with E-state index in [4.69, 9.17) is 28.4 Å². The summed E-state index contributed by atoms with van der Waals surface area (Å²) in [6.45, 7) is 12.5. The summed E-state index contributed by atoms with van der Waals surface area (Å²) in [5.41, 5.74) is -1.97. The Morgan fingerprint density at radius 1 is 0.868 bits per heavy atom. The first-order valence-corrected chi connectivity index (χ1v) is 12.6. The molecule has 0 amide bonds. The maximum absolute atomic E-state index is 12.5. The van der Waals surface area contributed by atoms with Gasteiger partial charge in [0.2, 0.25) is 0 Å². The molecule has 2 N–H and O–H groups in total. The van der Waals surface area contributed by atoms with Gasteiger partial charge in [-0.15, -0.1) is 0 Å². The van der Waals surface area contributed by atoms with E-state index in [2.05, 4.69) is 5.32 Å². The van der Waals surface area contributed by atoms with Crippen molar-refractivity contribution in [3.63, 3.8) is 0 Å². The van der Waals surface area contributed by atoms with E-state index in [1.807, 2.05) is 20.8 Å². The summed E-state index contributed by atoms with van der Waals surface area (Å²) in [4.78, 5) is 49.1. The van der Waals surface area contributed by atoms with Gasteiger partial charge in [0.1, 0.15) is 6.10 Å². The van der Waals surface area contributed by atoms with E-state index in [1.165, 1.54) is 18.2 Å². The molecule has 0 aliphatic carbocycles. The number of hydrogen-bond acceptors (Lipinski definition) is 11. The third-order valence-corrected chi connectivity index (χ3v) is 5.04. The molecule has 0 fully saturated rings. The van der Waals surface area contributed by atoms with Crippen molar-refractivity contribution >= 4 is 24.4 Å². The Hall–Kier alpha value is -3.54. The first kappa shape index (κ1) is 32.5. The fourth-order valence-corrected chi connectivity index (χ4v) is 2.94. The topological polar surface area (TPSA) is 156 Å². The van der Waals surface area contributed by atoms with Crippen molar-refractivity contribution in [2.45, 2.75) is 85.6 Å². The van der Waals surface area contributed by atoms with E-state index < -0.39 is 48.7 Å². The third kappa shape index (κ3) is 10.8. The van der Waals surface area contributed by atoms with Gasteiger partial charge in [-0.2, -0.15) is 0 Å². The molecule has 12 nitrogen and oxygen atoms in total. The Labute approximate surface area is 222 Å². The molecule has 0 aliphatic rings. The van der Waals surface area contributed by atoms with E-state index in [1.54, 1.807) is 27.7 Å². The molecule has 12 heteroatoms. The monoisotopic (exact) mass is 541 g/mol. The molecule has 214 valence electrons. The summed E-state index contributed by atoms with van der Waals surface area (Å²) in [6.07, 6.45) is -3.04. The summed E-state index contributed by atoms with van der Waals surface area (Å²) in [7, 11) is 0. The molecule has 0 bridgehead atoms. The zero-order valence-electron chi connectivity index (χ0n) is 23.0. The van der Waals surface area contributed by atoms with Gasteiger partial charge in [0.05, 0.1) is 13.2 Å². The van der Waals surface area contributed by atoms with Crippen LogP contribution in [0.3, 0.4) is 0 Å². The minimum Gasteiger partial charge on any atom is -0.477 e. The van der Waals surface area contributed by atoms with Gasteiger partial charge in [-0.05, 0) is 57.2 Å². The van der Waals surface area contributed by atoms with Gasteiger partial charge < -0.3 is 33.5 Å². The minimum absolute atomic E-state index is 0.0245. The molecule has 0 heterocycles. The van der Waals surface area contributed by atoms with Crippen molar-refractivity contribution in [3.05, 3.63) is 23.8 Å². The maximum atomic E-state index is 12.5. The van der Waals surface area contributed by atoms with Crippen molar-refractivity contribution in [2.24, 2.45) is 5.92 Å². The molecule has 0 aliphatic heterocycles. The fourth-order valence-electron chi connectivity index (χ4n) is 2.94. The predicted molar refractivity (Wildman–Crippen MR) is 135 cm³/mol. The summed E-state index contributed by atoms with van der Waals surface area (Å²) >= 11 is 0. The van der Waals surface area contributed by atoms with Crippen LogP contribution in [0.25, 0.3) is 0 Å². The zero-order chi connectivity index (χ0) is 28.9. The van der Waals surface area contributed by atoms with Crippen LogP contribution in [-0.2, 0) is 30.2 Å². The number of ether oxygens (including phenoxy) is 6. The molecular weight excluding hydrogens is 502 g/mol. The van der Waals surface area contributed by atoms with E-state index in [0.29, 0.717) is 12.8 Å². The van der Waals surface area contributed by atoms with Crippen LogP contribution in [0.1, 0.15) is 66.9 Å². The van der Waals surface area contributed by atoms with E-state index in [9.17, 15) is 24.3 Å². The Kier molecular flexibility index (Phi) is 13.4. The van der Waals surface area contributed by atoms with Gasteiger partial charge in [0, 0.05) is 12.5 Å². The second kappa shape index (κ2) is 15.7. The highest BCUT2D eigenvalue weighted by atomic mass is 16.8. The first-order chi connectivity index (χ1) is 17.8. The quantitative estimate of drug-likeness (QED) is 0.140. The van der Waals surface area contributed by atoms with Crippen LogP contribution in [-0.4, -0.2) is 60.6 Å². The molecule has 0 spiro atoms. The molecule has 1 aromatic carbocycles. The standard InChI is InChI=1S/C26H39NO11/c1-8-12-33-23(30)36-20-11-10-19(14-21(20)37-24(31)34-13-9-2)15-26(22(28)29,27-17(5)6)38-25(32)35-18(7)16(3)4/h10-11,14,16-18,27H,8-9,12-13,15H2,1-7H3,(H,28,29)/t18?,26-/m0/s1. The molecule has 2 atom stereocenters. The smallest absolute Gasteiger partial charge is 0.477 e. The summed E-state index contributed by atoms with van der Waals surface area (Å²) in [5.74, 6) is -1.89. The van der Waals surface area contributed by atoms with Crippen molar-refractivity contribution in [2.75, 3.05) is 13.2 Å². The molecular formula is C26H39NO11. The molecule has 0 saturated carbocycles. The van der Waals surface area contributed by atoms with E-state index in [-0.39, 0.29) is 36.2 Å². The lowest BCUT2D eigenvalue weighted by molar-refractivity contribution is -0.168. The van der Waals surface area contributed by atoms with Crippen molar-refractivity contribution in [1.82, 2.24) is 5.32 Å². The normalized spacial score (nSPS) is 13.3. The molecule has 1 aromatic rings. The van der Waals surface area contributed by atoms with Crippen molar-refractivity contribution in [1.29, 1.82) is 0 Å². The van der Waals surface area contributed by atoms with Gasteiger partial charge in [-0.3, -0.25) is 5.32 Å². The number of benzene rings is 1. The molecule has 1 rings (SSSR count). The number of carbonyl (C=O) groups is 4. The number of hydrogen-bond donors (Lipinski definition) is 2. The SMILES string of the molecule is CCCOC(=O)Oc1ccc(C[C@](NC(C)C)(OC(=O)OC(C)C(C)C)C(=O)O)cc1OC(=O)OCCC. The lowest BCUT2D eigenvalue weighted by atomic mass is 10.0. The molecule has 0 aromatic heterocycles. The maximum Gasteiger partial charge on any atom is 0.513 e. The van der Waals surface area contributed by atoms with Crippen molar-refractivity contribution < 1.29 is 52.7 Å². The molecule has 0 saturated heterocycles. The average Bonchev–Trinajstić information content (AvgIpc) is 2.82. The van der Waals surface area contributed by atoms with Crippen LogP contribution in [0, 0.1) is 5.92 Å². The van der Waals surface area contributed by atoms with Crippen LogP contribution < -0.4 is 14.8 Å². The minimum atomic E-state index is -2.23. The van der Waals surface area contributed by atoms with Crippen LogP contribution in [0.2, 0.25) is 0 Å². The Bertz CT molecular complexity index is 947. The number of carboxylic acid groups (broad SMARTS) is 1. The van der Waals surface area contributed by atoms with Gasteiger partial charge >= 0.3 is 24.4 Å². The van der Waals surface area contributed by atoms with Gasteiger partial charge in [-0.25, -0.2) is 19.2 Å². The predicted octanol–water partition coefficient (Wildman–Crippen LogP) is 5.06. The third-order valence-electron chi connectivity index (χ3n) is 5.04. The summed E-state index contributed by atoms with van der Waals surface area (Å²) < 4.78 is 30.8. The lowest BCUT2D eigenvalue weighted by Crippen LogP contribution is -2.59. The van der Waals surface area contributed by atoms with E-state index >= 15 is 0 Å². The van der Waals surface area contributed by atoms with Crippen molar-refractivity contribution in [3.8, 4) is 11.5 Å². The second-order valence-corrected chi connectivity index (χ2v) is 9.21. The largest absolute Gasteiger partial charge is 0.513 e. The summed E-state index contributed by atoms with van der Waals surface area (Å²) in [6, 6.07) is 3.59. The molecule has 0 radical (unpaired) electrons. The number of aliphatic carboxylic acids is 1. The Morgan fingerprint density at radius 2 is 1.42 bits per heavy atom. The van der Waals surface area contributed by atoms with Crippen LogP contribution >= 0.6 is 0 Å². The Morgan fingerprint density at radius 3 is 1.89 bits per heavy atom. The van der Waals surface area contributed by atoms with Gasteiger partial charge in [0.15, 0.2) is 11.5 Å². The number of rotatable bonds is 14. The van der Waals surface area contributed by atoms with Gasteiger partial charge in [0.25, 0.3) is 5.72 Å². The Balaban J connectivity index is 3.37. The van der Waals surface area contributed by atoms with Crippen LogP contribution in [0.15, 0.2) is 18.2 Å². The highest BCUT2D eigenvalue weighted by Gasteiger charge is 2.44. The van der Waals surface area contributed by atoms with Crippen LogP contribution in [0.4, 0.5) is 14.4 Å². The molecule has 38 heavy (non-hydrogen) atoms. The van der Waals surface area contributed by atoms with Crippen LogP contribution in [0.5, 0.6) is 11.5 Å². The number of carbonyl (C=O) groups excluding carboxylic acids is 3. The molecule has 1 unspecified atom stereocenters. The first-order valence-electron chi connectivity index (χ1n) is 12.6.